The molecule has 2 aromatic rings. The Hall–Kier alpha value is -1.73. The molecule has 2 aromatic carbocycles. The van der Waals surface area contributed by atoms with Gasteiger partial charge >= 0.3 is 0 Å². The maximum atomic E-state index is 12.9. The van der Waals surface area contributed by atoms with E-state index in [2.05, 4.69) is 37.2 Å². The molecule has 2 bridgehead atoms. The second kappa shape index (κ2) is 6.66. The minimum Gasteiger partial charge on any atom is -0.324 e. The van der Waals surface area contributed by atoms with Crippen LogP contribution in [0.5, 0.6) is 0 Å². The Labute approximate surface area is 179 Å². The van der Waals surface area contributed by atoms with Crippen molar-refractivity contribution < 1.29 is 14.4 Å². The number of amides is 3. The van der Waals surface area contributed by atoms with Gasteiger partial charge in [0.05, 0.1) is 11.8 Å². The van der Waals surface area contributed by atoms with Gasteiger partial charge in [0, 0.05) is 20.7 Å². The Morgan fingerprint density at radius 1 is 0.964 bits per heavy atom. The highest BCUT2D eigenvalue weighted by molar-refractivity contribution is 9.12. The van der Waals surface area contributed by atoms with Crippen LogP contribution in [0, 0.1) is 23.7 Å². The van der Waals surface area contributed by atoms with Gasteiger partial charge < -0.3 is 5.32 Å². The average Bonchev–Trinajstić information content (AvgIpc) is 3.29. The van der Waals surface area contributed by atoms with Crippen molar-refractivity contribution in [3.8, 4) is 0 Å². The Morgan fingerprint density at radius 3 is 2.25 bits per heavy atom. The van der Waals surface area contributed by atoms with E-state index in [9.17, 15) is 14.4 Å². The predicted octanol–water partition coefficient (Wildman–Crippen LogP) is 3.56. The lowest BCUT2D eigenvalue weighted by molar-refractivity contribution is -0.143. The molecule has 2 saturated carbocycles. The number of nitrogens with one attached hydrogen (secondary N) is 1. The highest BCUT2D eigenvalue weighted by Gasteiger charge is 2.66. The minimum absolute atomic E-state index is 0.155. The third kappa shape index (κ3) is 2.59. The van der Waals surface area contributed by atoms with Gasteiger partial charge in [-0.2, -0.15) is 0 Å². The molecule has 2 aliphatic carbocycles. The molecule has 28 heavy (non-hydrogen) atoms. The van der Waals surface area contributed by atoms with Gasteiger partial charge in [0.15, 0.2) is 0 Å². The zero-order valence-corrected chi connectivity index (χ0v) is 18.0. The number of alkyl halides is 2. The molecule has 0 radical (unpaired) electrons. The molecule has 3 aliphatic rings. The molecule has 3 amide bonds. The van der Waals surface area contributed by atoms with Gasteiger partial charge in [-0.25, -0.2) is 0 Å². The van der Waals surface area contributed by atoms with Crippen LogP contribution in [0.4, 0.5) is 5.69 Å². The number of anilines is 1. The number of fused-ring (bicyclic) bond motifs is 6. The van der Waals surface area contributed by atoms with Gasteiger partial charge in [0.2, 0.25) is 17.7 Å². The fraction of sp³-hybridized carbons (Fsp3) is 0.381. The van der Waals surface area contributed by atoms with Crippen LogP contribution >= 0.6 is 31.9 Å². The molecular weight excluding hydrogens is 488 g/mol. The summed E-state index contributed by atoms with van der Waals surface area (Å²) in [6.45, 7) is -0.229. The van der Waals surface area contributed by atoms with E-state index in [4.69, 9.17) is 0 Å². The third-order valence-corrected chi connectivity index (χ3v) is 9.65. The minimum atomic E-state index is -0.351. The molecule has 5 rings (SSSR count). The van der Waals surface area contributed by atoms with E-state index < -0.39 is 0 Å². The lowest BCUT2D eigenvalue weighted by Crippen LogP contribution is -2.39. The van der Waals surface area contributed by atoms with E-state index in [1.807, 2.05) is 42.5 Å². The van der Waals surface area contributed by atoms with E-state index in [0.29, 0.717) is 5.69 Å². The topological polar surface area (TPSA) is 66.5 Å². The fourth-order valence-corrected chi connectivity index (χ4v) is 7.11. The zero-order chi connectivity index (χ0) is 19.6. The van der Waals surface area contributed by atoms with Crippen LogP contribution in [0.25, 0.3) is 10.8 Å². The normalized spacial score (nSPS) is 33.6. The Balaban J connectivity index is 1.35. The maximum Gasteiger partial charge on any atom is 0.244 e. The summed E-state index contributed by atoms with van der Waals surface area (Å²) in [4.78, 5) is 40.1. The fourth-order valence-electron chi connectivity index (χ4n) is 5.23. The number of carbonyl (C=O) groups is 3. The van der Waals surface area contributed by atoms with Crippen LogP contribution < -0.4 is 5.32 Å². The van der Waals surface area contributed by atoms with Crippen LogP contribution in [-0.2, 0) is 14.4 Å². The highest BCUT2D eigenvalue weighted by Crippen LogP contribution is 2.60. The summed E-state index contributed by atoms with van der Waals surface area (Å²) in [7, 11) is 0. The quantitative estimate of drug-likeness (QED) is 0.512. The van der Waals surface area contributed by atoms with Gasteiger partial charge in [0.25, 0.3) is 0 Å². The van der Waals surface area contributed by atoms with Gasteiger partial charge in [-0.15, -0.1) is 0 Å². The Kier molecular flexibility index (Phi) is 4.36. The second-order valence-electron chi connectivity index (χ2n) is 7.84. The van der Waals surface area contributed by atoms with Crippen LogP contribution in [0.2, 0.25) is 0 Å². The predicted molar refractivity (Wildman–Crippen MR) is 113 cm³/mol. The summed E-state index contributed by atoms with van der Waals surface area (Å²) < 4.78 is 0. The largest absolute Gasteiger partial charge is 0.324 e. The van der Waals surface area contributed by atoms with Crippen LogP contribution in [-0.4, -0.2) is 38.8 Å². The summed E-state index contributed by atoms with van der Waals surface area (Å²) in [5.74, 6) is -1.01. The Morgan fingerprint density at radius 2 is 1.57 bits per heavy atom. The number of carbonyl (C=O) groups excluding carboxylic acids is 3. The standard InChI is InChI=1S/C21H18Br2N2O3/c22-18-12-8-13(19(18)23)17-16(12)20(27)25(21(17)28)9-15(26)24-14-7-3-5-10-4-1-2-6-11(10)14/h1-7,12-13,16-19H,8-9H2,(H,24,26)/t12-,13-,16-,17-,18-,19+/m1/s1. The first-order valence-electron chi connectivity index (χ1n) is 9.38. The molecule has 0 unspecified atom stereocenters. The third-order valence-electron chi connectivity index (χ3n) is 6.44. The summed E-state index contributed by atoms with van der Waals surface area (Å²) >= 11 is 7.35. The van der Waals surface area contributed by atoms with Crippen molar-refractivity contribution in [2.45, 2.75) is 16.1 Å². The summed E-state index contributed by atoms with van der Waals surface area (Å²) in [6.07, 6.45) is 0.884. The first-order chi connectivity index (χ1) is 13.5. The van der Waals surface area contributed by atoms with Gasteiger partial charge in [-0.1, -0.05) is 68.3 Å². The lowest BCUT2D eigenvalue weighted by Gasteiger charge is -2.28. The van der Waals surface area contributed by atoms with E-state index in [0.717, 1.165) is 17.2 Å². The van der Waals surface area contributed by atoms with Crippen molar-refractivity contribution in [2.75, 3.05) is 11.9 Å². The van der Waals surface area contributed by atoms with Crippen molar-refractivity contribution in [1.82, 2.24) is 4.90 Å². The SMILES string of the molecule is O=C(CN1C(=O)[C@@H]2[C@H]3C[C@@H]([C@@H](Br)[C@H]3Br)[C@H]2C1=O)Nc1cccc2ccccc12. The van der Waals surface area contributed by atoms with E-state index >= 15 is 0 Å². The van der Waals surface area contributed by atoms with Gasteiger partial charge in [0.1, 0.15) is 6.54 Å². The van der Waals surface area contributed by atoms with Crippen molar-refractivity contribution in [1.29, 1.82) is 0 Å². The van der Waals surface area contributed by atoms with E-state index in [1.54, 1.807) is 0 Å². The highest BCUT2D eigenvalue weighted by atomic mass is 79.9. The zero-order valence-electron chi connectivity index (χ0n) is 14.8. The molecule has 6 atom stereocenters. The number of nitrogens with zero attached hydrogens (tertiary/aromatic N) is 1. The molecule has 1 heterocycles. The van der Waals surface area contributed by atoms with Crippen molar-refractivity contribution in [2.24, 2.45) is 23.7 Å². The molecule has 5 nitrogen and oxygen atoms in total. The first-order valence-corrected chi connectivity index (χ1v) is 11.2. The average molecular weight is 506 g/mol. The maximum absolute atomic E-state index is 12.9. The summed E-state index contributed by atoms with van der Waals surface area (Å²) in [5.41, 5.74) is 0.684. The summed E-state index contributed by atoms with van der Waals surface area (Å²) in [6, 6.07) is 13.4. The molecule has 0 aromatic heterocycles. The van der Waals surface area contributed by atoms with Crippen molar-refractivity contribution in [3.05, 3.63) is 42.5 Å². The molecule has 144 valence electrons. The van der Waals surface area contributed by atoms with Crippen molar-refractivity contribution in [3.63, 3.8) is 0 Å². The molecule has 1 N–H and O–H groups in total. The van der Waals surface area contributed by atoms with E-state index in [1.165, 1.54) is 4.90 Å². The number of likely N-dealkylation sites (tertiary alicyclic amines) is 1. The molecular formula is C21H18Br2N2O3. The van der Waals surface area contributed by atoms with Crippen LogP contribution in [0.3, 0.4) is 0 Å². The molecule has 3 fully saturated rings. The molecule has 7 heteroatoms. The molecule has 1 saturated heterocycles. The molecule has 1 aliphatic heterocycles. The van der Waals surface area contributed by atoms with E-state index in [-0.39, 0.29) is 57.6 Å². The number of imide groups is 1. The molecule has 0 spiro atoms. The smallest absolute Gasteiger partial charge is 0.244 e. The number of hydrogen-bond donors (Lipinski definition) is 1. The first kappa shape index (κ1) is 18.3. The van der Waals surface area contributed by atoms with Crippen LogP contribution in [0.1, 0.15) is 6.42 Å². The second-order valence-corrected chi connectivity index (χ2v) is 9.96. The van der Waals surface area contributed by atoms with Gasteiger partial charge in [-0.3, -0.25) is 19.3 Å². The number of benzene rings is 2. The lowest BCUT2D eigenvalue weighted by atomic mass is 9.81. The Bertz CT molecular complexity index is 973. The number of rotatable bonds is 3. The number of halogens is 2. The van der Waals surface area contributed by atoms with Gasteiger partial charge in [-0.05, 0) is 29.7 Å². The monoisotopic (exact) mass is 504 g/mol. The summed E-state index contributed by atoms with van der Waals surface area (Å²) in [5, 5.41) is 4.82. The number of hydrogen-bond acceptors (Lipinski definition) is 3. The van der Waals surface area contributed by atoms with Crippen LogP contribution in [0.15, 0.2) is 42.5 Å². The van der Waals surface area contributed by atoms with Crippen molar-refractivity contribution >= 4 is 66.0 Å².